The van der Waals surface area contributed by atoms with Gasteiger partial charge in [0.2, 0.25) is 0 Å². The van der Waals surface area contributed by atoms with Crippen molar-refractivity contribution in [1.82, 2.24) is 0 Å². The molecule has 11 heavy (non-hydrogen) atoms. The zero-order valence-corrected chi connectivity index (χ0v) is 6.58. The molecule has 4 heteroatoms. The second-order valence-corrected chi connectivity index (χ2v) is 2.34. The molecular formula is C7H8O3S. The summed E-state index contributed by atoms with van der Waals surface area (Å²) in [7, 11) is 0. The molecule has 0 amide bonds. The Labute approximate surface area is 68.1 Å². The van der Waals surface area contributed by atoms with Gasteiger partial charge in [-0.3, -0.25) is 4.79 Å². The molecule has 0 saturated carbocycles. The summed E-state index contributed by atoms with van der Waals surface area (Å²) < 4.78 is 10.1. The van der Waals surface area contributed by atoms with Gasteiger partial charge in [0.15, 0.2) is 0 Å². The second kappa shape index (κ2) is 6.95. The SMILES string of the molecule is O=CO.O=S=C1C=CC=CC1. The highest BCUT2D eigenvalue weighted by molar-refractivity contribution is 7.66. The smallest absolute Gasteiger partial charge is 0.290 e. The number of carboxylic acid groups (broad SMARTS) is 1. The second-order valence-electron chi connectivity index (χ2n) is 1.65. The molecule has 1 N–H and O–H groups in total. The van der Waals surface area contributed by atoms with Crippen LogP contribution in [0, 0.1) is 0 Å². The molecule has 0 saturated heterocycles. The predicted molar refractivity (Wildman–Crippen MR) is 44.7 cm³/mol. The molecule has 60 valence electrons. The molecule has 0 atom stereocenters. The van der Waals surface area contributed by atoms with Gasteiger partial charge in [0.1, 0.15) is 0 Å². The number of rotatable bonds is 0. The Hall–Kier alpha value is -1.16. The summed E-state index contributed by atoms with van der Waals surface area (Å²) in [5.74, 6) is 0. The summed E-state index contributed by atoms with van der Waals surface area (Å²) in [5, 5.41) is 6.89. The van der Waals surface area contributed by atoms with E-state index in [4.69, 9.17) is 9.90 Å². The number of hydrogen-bond acceptors (Lipinski definition) is 2. The van der Waals surface area contributed by atoms with Crippen LogP contribution in [-0.4, -0.2) is 20.7 Å². The third kappa shape index (κ3) is 5.29. The van der Waals surface area contributed by atoms with Gasteiger partial charge < -0.3 is 5.11 Å². The molecule has 0 aromatic heterocycles. The minimum Gasteiger partial charge on any atom is -0.483 e. The molecule has 1 aliphatic carbocycles. The quantitative estimate of drug-likeness (QED) is 0.429. The highest BCUT2D eigenvalue weighted by Crippen LogP contribution is 1.95. The van der Waals surface area contributed by atoms with Gasteiger partial charge in [-0.15, -0.1) is 0 Å². The number of allylic oxidation sites excluding steroid dienone is 4. The fraction of sp³-hybridized carbons (Fsp3) is 0.143. The fourth-order valence-corrected chi connectivity index (χ4v) is 0.854. The highest BCUT2D eigenvalue weighted by Gasteiger charge is 1.90. The Kier molecular flexibility index (Phi) is 6.22. The van der Waals surface area contributed by atoms with Gasteiger partial charge in [-0.05, 0) is 6.08 Å². The lowest BCUT2D eigenvalue weighted by Gasteiger charge is -1.91. The largest absolute Gasteiger partial charge is 0.483 e. The van der Waals surface area contributed by atoms with Crippen LogP contribution in [0.3, 0.4) is 0 Å². The highest BCUT2D eigenvalue weighted by atomic mass is 32.1. The Bertz CT molecular complexity index is 224. The van der Waals surface area contributed by atoms with Crippen LogP contribution in [0.5, 0.6) is 0 Å². The van der Waals surface area contributed by atoms with Gasteiger partial charge in [0, 0.05) is 11.3 Å². The first-order valence-electron chi connectivity index (χ1n) is 2.92. The third-order valence-electron chi connectivity index (χ3n) is 0.955. The van der Waals surface area contributed by atoms with Gasteiger partial charge >= 0.3 is 0 Å². The third-order valence-corrected chi connectivity index (χ3v) is 1.47. The summed E-state index contributed by atoms with van der Waals surface area (Å²) in [4.78, 5) is 9.26. The van der Waals surface area contributed by atoms with E-state index in [0.717, 1.165) is 11.3 Å². The minimum atomic E-state index is -0.250. The predicted octanol–water partition coefficient (Wildman–Crippen LogP) is 0.589. The molecule has 1 aliphatic rings. The standard InChI is InChI=1S/C6H6OS.CH2O2/c7-8-6-4-2-1-3-5-6;2-1-3/h1-4H,5H2;1H,(H,2,3). The van der Waals surface area contributed by atoms with Gasteiger partial charge in [-0.25, -0.2) is 4.21 Å². The van der Waals surface area contributed by atoms with Crippen molar-refractivity contribution in [3.63, 3.8) is 0 Å². The molecule has 0 fully saturated rings. The van der Waals surface area contributed by atoms with Gasteiger partial charge in [0.25, 0.3) is 6.47 Å². The Balaban J connectivity index is 0.000000292. The molecule has 0 heterocycles. The van der Waals surface area contributed by atoms with Crippen molar-refractivity contribution in [2.24, 2.45) is 0 Å². The lowest BCUT2D eigenvalue weighted by Crippen LogP contribution is -1.91. The first-order chi connectivity index (χ1) is 5.35. The summed E-state index contributed by atoms with van der Waals surface area (Å²) in [6.45, 7) is -0.250. The average molecular weight is 172 g/mol. The molecule has 3 nitrogen and oxygen atoms in total. The lowest BCUT2D eigenvalue weighted by atomic mass is 10.2. The van der Waals surface area contributed by atoms with Gasteiger partial charge in [-0.1, -0.05) is 18.2 Å². The molecule has 0 aliphatic heterocycles. The molecule has 0 unspecified atom stereocenters. The molecule has 0 spiro atoms. The zero-order valence-electron chi connectivity index (χ0n) is 5.77. The number of carbonyl (C=O) groups is 1. The Morgan fingerprint density at radius 1 is 1.55 bits per heavy atom. The summed E-state index contributed by atoms with van der Waals surface area (Å²) in [5.41, 5.74) is 0. The van der Waals surface area contributed by atoms with Crippen LogP contribution in [0.25, 0.3) is 0 Å². The normalized spacial score (nSPS) is 13.3. The van der Waals surface area contributed by atoms with E-state index in [1.807, 2.05) is 24.3 Å². The van der Waals surface area contributed by atoms with E-state index in [-0.39, 0.29) is 6.47 Å². The topological polar surface area (TPSA) is 54.4 Å². The monoisotopic (exact) mass is 172 g/mol. The van der Waals surface area contributed by atoms with Crippen LogP contribution >= 0.6 is 0 Å². The molecule has 0 aromatic carbocycles. The molecule has 1 rings (SSSR count). The molecular weight excluding hydrogens is 164 g/mol. The number of hydrogen-bond donors (Lipinski definition) is 1. The van der Waals surface area contributed by atoms with E-state index in [9.17, 15) is 4.21 Å². The van der Waals surface area contributed by atoms with Crippen molar-refractivity contribution < 1.29 is 14.1 Å². The van der Waals surface area contributed by atoms with E-state index in [1.54, 1.807) is 0 Å². The van der Waals surface area contributed by atoms with Crippen LogP contribution in [-0.2, 0) is 16.1 Å². The minimum absolute atomic E-state index is 0.250. The van der Waals surface area contributed by atoms with Crippen LogP contribution in [0.15, 0.2) is 24.3 Å². The van der Waals surface area contributed by atoms with E-state index in [0.29, 0.717) is 11.3 Å². The maximum atomic E-state index is 10.1. The first kappa shape index (κ1) is 9.84. The van der Waals surface area contributed by atoms with E-state index >= 15 is 0 Å². The fourth-order valence-electron chi connectivity index (χ4n) is 0.555. The van der Waals surface area contributed by atoms with Gasteiger partial charge in [-0.2, -0.15) is 0 Å². The summed E-state index contributed by atoms with van der Waals surface area (Å²) >= 11 is 0.574. The molecule has 0 aromatic rings. The van der Waals surface area contributed by atoms with Crippen molar-refractivity contribution >= 4 is 22.6 Å². The zero-order chi connectivity index (χ0) is 8.53. The Morgan fingerprint density at radius 2 is 2.18 bits per heavy atom. The Morgan fingerprint density at radius 3 is 2.45 bits per heavy atom. The van der Waals surface area contributed by atoms with Crippen molar-refractivity contribution in [1.29, 1.82) is 0 Å². The van der Waals surface area contributed by atoms with Crippen molar-refractivity contribution in [2.45, 2.75) is 6.42 Å². The summed E-state index contributed by atoms with van der Waals surface area (Å²) in [6.07, 6.45) is 8.45. The molecule has 0 bridgehead atoms. The average Bonchev–Trinajstić information content (AvgIpc) is 2.08. The maximum absolute atomic E-state index is 10.1. The summed E-state index contributed by atoms with van der Waals surface area (Å²) in [6, 6.07) is 0. The van der Waals surface area contributed by atoms with Crippen molar-refractivity contribution in [3.05, 3.63) is 24.3 Å². The van der Waals surface area contributed by atoms with Crippen LogP contribution in [0.4, 0.5) is 0 Å². The van der Waals surface area contributed by atoms with E-state index < -0.39 is 0 Å². The first-order valence-corrected chi connectivity index (χ1v) is 3.66. The van der Waals surface area contributed by atoms with Crippen molar-refractivity contribution in [3.8, 4) is 0 Å². The van der Waals surface area contributed by atoms with Crippen molar-refractivity contribution in [2.75, 3.05) is 0 Å². The van der Waals surface area contributed by atoms with Crippen LogP contribution in [0.1, 0.15) is 6.42 Å². The van der Waals surface area contributed by atoms with Crippen LogP contribution < -0.4 is 0 Å². The van der Waals surface area contributed by atoms with E-state index in [2.05, 4.69) is 0 Å². The van der Waals surface area contributed by atoms with E-state index in [1.165, 1.54) is 0 Å². The van der Waals surface area contributed by atoms with Gasteiger partial charge in [0.05, 0.1) is 11.3 Å². The van der Waals surface area contributed by atoms with Crippen LogP contribution in [0.2, 0.25) is 0 Å². The molecule has 0 radical (unpaired) electrons. The maximum Gasteiger partial charge on any atom is 0.290 e. The lowest BCUT2D eigenvalue weighted by molar-refractivity contribution is -0.122.